The van der Waals surface area contributed by atoms with Gasteiger partial charge in [0.25, 0.3) is 0 Å². The van der Waals surface area contributed by atoms with Gasteiger partial charge in [-0.2, -0.15) is 0 Å². The Bertz CT molecular complexity index is 473. The molecule has 1 aromatic rings. The first-order valence-electron chi connectivity index (χ1n) is 6.73. The lowest BCUT2D eigenvalue weighted by molar-refractivity contribution is -0.124. The molecule has 0 heterocycles. The van der Waals surface area contributed by atoms with Gasteiger partial charge in [-0.05, 0) is 42.0 Å². The van der Waals surface area contributed by atoms with Crippen molar-refractivity contribution < 1.29 is 14.3 Å². The highest BCUT2D eigenvalue weighted by molar-refractivity contribution is 5.77. The van der Waals surface area contributed by atoms with E-state index in [2.05, 4.69) is 5.32 Å². The lowest BCUT2D eigenvalue weighted by Gasteiger charge is -2.18. The van der Waals surface area contributed by atoms with E-state index in [0.717, 1.165) is 24.0 Å². The second-order valence-electron chi connectivity index (χ2n) is 5.52. The van der Waals surface area contributed by atoms with Crippen LogP contribution in [0.15, 0.2) is 18.2 Å². The maximum atomic E-state index is 13.2. The predicted octanol–water partition coefficient (Wildman–Crippen LogP) is 2.34. The fourth-order valence-corrected chi connectivity index (χ4v) is 2.40. The Labute approximate surface area is 112 Å². The zero-order valence-corrected chi connectivity index (χ0v) is 11.3. The van der Waals surface area contributed by atoms with Gasteiger partial charge in [-0.3, -0.25) is 4.79 Å². The summed E-state index contributed by atoms with van der Waals surface area (Å²) in [5.41, 5.74) is 1.96. The quantitative estimate of drug-likeness (QED) is 0.878. The van der Waals surface area contributed by atoms with Crippen LogP contribution in [0.25, 0.3) is 0 Å². The number of carbonyl (C=O) groups excluding carboxylic acids is 1. The molecule has 0 saturated carbocycles. The smallest absolute Gasteiger partial charge is 0.223 e. The van der Waals surface area contributed by atoms with Gasteiger partial charge in [0, 0.05) is 0 Å². The van der Waals surface area contributed by atoms with Crippen LogP contribution >= 0.6 is 0 Å². The van der Waals surface area contributed by atoms with Gasteiger partial charge in [-0.1, -0.05) is 19.9 Å². The van der Waals surface area contributed by atoms with E-state index in [1.807, 2.05) is 13.8 Å². The molecule has 1 aliphatic rings. The predicted molar refractivity (Wildman–Crippen MR) is 71.1 cm³/mol. The Morgan fingerprint density at radius 1 is 1.53 bits per heavy atom. The summed E-state index contributed by atoms with van der Waals surface area (Å²) in [7, 11) is 0. The number of amides is 1. The number of fused-ring (bicyclic) bond motifs is 1. The van der Waals surface area contributed by atoms with Crippen LogP contribution in [0.4, 0.5) is 4.39 Å². The number of hydrogen-bond donors (Lipinski definition) is 2. The molecule has 0 aromatic heterocycles. The van der Waals surface area contributed by atoms with E-state index < -0.39 is 6.10 Å². The van der Waals surface area contributed by atoms with Crippen LogP contribution in [0.2, 0.25) is 0 Å². The van der Waals surface area contributed by atoms with Gasteiger partial charge in [0.1, 0.15) is 5.82 Å². The van der Waals surface area contributed by atoms with Crippen LogP contribution in [-0.2, 0) is 11.2 Å². The van der Waals surface area contributed by atoms with Crippen molar-refractivity contribution >= 4 is 5.91 Å². The molecule has 0 saturated heterocycles. The Morgan fingerprint density at radius 3 is 2.95 bits per heavy atom. The molecule has 0 bridgehead atoms. The zero-order chi connectivity index (χ0) is 14.0. The van der Waals surface area contributed by atoms with E-state index in [1.165, 1.54) is 12.1 Å². The van der Waals surface area contributed by atoms with Crippen molar-refractivity contribution in [1.82, 2.24) is 5.32 Å². The number of nitrogens with one attached hydrogen (secondary N) is 1. The lowest BCUT2D eigenvalue weighted by Crippen LogP contribution is -2.31. The van der Waals surface area contributed by atoms with E-state index in [-0.39, 0.29) is 30.1 Å². The summed E-state index contributed by atoms with van der Waals surface area (Å²) in [5, 5.41) is 12.6. The Hall–Kier alpha value is -1.42. The molecule has 0 spiro atoms. The number of aliphatic hydroxyl groups excluding tert-OH is 1. The highest BCUT2D eigenvalue weighted by Crippen LogP contribution is 2.31. The van der Waals surface area contributed by atoms with E-state index in [0.29, 0.717) is 0 Å². The van der Waals surface area contributed by atoms with Crippen LogP contribution in [0, 0.1) is 11.7 Å². The highest BCUT2D eigenvalue weighted by atomic mass is 19.1. The highest BCUT2D eigenvalue weighted by Gasteiger charge is 2.25. The molecule has 0 radical (unpaired) electrons. The summed E-state index contributed by atoms with van der Waals surface area (Å²) in [6, 6.07) is 4.59. The fourth-order valence-electron chi connectivity index (χ4n) is 2.40. The van der Waals surface area contributed by atoms with E-state index >= 15 is 0 Å². The van der Waals surface area contributed by atoms with E-state index in [9.17, 15) is 14.3 Å². The summed E-state index contributed by atoms with van der Waals surface area (Å²) in [6.45, 7) is 3.75. The molecular weight excluding hydrogens is 245 g/mol. The molecule has 2 unspecified atom stereocenters. The van der Waals surface area contributed by atoms with Crippen molar-refractivity contribution in [1.29, 1.82) is 0 Å². The minimum atomic E-state index is -0.631. The van der Waals surface area contributed by atoms with Crippen LogP contribution in [-0.4, -0.2) is 17.1 Å². The van der Waals surface area contributed by atoms with Gasteiger partial charge in [-0.25, -0.2) is 4.39 Å². The number of halogens is 1. The van der Waals surface area contributed by atoms with Crippen LogP contribution in [0.3, 0.4) is 0 Å². The summed E-state index contributed by atoms with van der Waals surface area (Å²) < 4.78 is 13.2. The average Bonchev–Trinajstić information content (AvgIpc) is 2.71. The van der Waals surface area contributed by atoms with Crippen molar-refractivity contribution in [2.45, 2.75) is 45.3 Å². The molecule has 1 aliphatic carbocycles. The minimum Gasteiger partial charge on any atom is -0.392 e. The third-order valence-corrected chi connectivity index (χ3v) is 3.68. The summed E-state index contributed by atoms with van der Waals surface area (Å²) in [4.78, 5) is 11.8. The van der Waals surface area contributed by atoms with Crippen molar-refractivity contribution in [3.05, 3.63) is 35.1 Å². The monoisotopic (exact) mass is 265 g/mol. The first-order valence-corrected chi connectivity index (χ1v) is 6.73. The van der Waals surface area contributed by atoms with E-state index in [1.54, 1.807) is 6.07 Å². The summed E-state index contributed by atoms with van der Waals surface area (Å²) in [5.74, 6) is -0.399. The van der Waals surface area contributed by atoms with Gasteiger partial charge >= 0.3 is 0 Å². The molecular formula is C15H20FNO2. The fraction of sp³-hybridized carbons (Fsp3) is 0.533. The molecule has 2 rings (SSSR count). The molecule has 0 fully saturated rings. The van der Waals surface area contributed by atoms with Gasteiger partial charge in [0.15, 0.2) is 0 Å². The Balaban J connectivity index is 1.99. The third-order valence-electron chi connectivity index (χ3n) is 3.68. The van der Waals surface area contributed by atoms with Crippen molar-refractivity contribution in [3.8, 4) is 0 Å². The summed E-state index contributed by atoms with van der Waals surface area (Å²) >= 11 is 0. The van der Waals surface area contributed by atoms with Crippen LogP contribution in [0.5, 0.6) is 0 Å². The Morgan fingerprint density at radius 2 is 2.26 bits per heavy atom. The topological polar surface area (TPSA) is 49.3 Å². The van der Waals surface area contributed by atoms with Crippen molar-refractivity contribution in [2.24, 2.45) is 5.92 Å². The number of carbonyl (C=O) groups is 1. The number of rotatable bonds is 4. The van der Waals surface area contributed by atoms with Crippen molar-refractivity contribution in [3.63, 3.8) is 0 Å². The normalized spacial score (nSPS) is 19.3. The zero-order valence-electron chi connectivity index (χ0n) is 11.3. The first-order chi connectivity index (χ1) is 8.97. The first kappa shape index (κ1) is 14.0. The van der Waals surface area contributed by atoms with Gasteiger partial charge in [0.2, 0.25) is 5.91 Å². The molecule has 1 amide bonds. The minimum absolute atomic E-state index is 0.0547. The van der Waals surface area contributed by atoms with E-state index in [4.69, 9.17) is 0 Å². The van der Waals surface area contributed by atoms with Gasteiger partial charge < -0.3 is 10.4 Å². The second kappa shape index (κ2) is 5.70. The number of benzene rings is 1. The standard InChI is InChI=1S/C15H20FNO2/c1-9(2)14(18)8-15(19)17-13-6-4-10-3-5-11(16)7-12(10)13/h3,5,7,9,13-14,18H,4,6,8H2,1-2H3,(H,17,19). The maximum Gasteiger partial charge on any atom is 0.223 e. The third kappa shape index (κ3) is 3.32. The number of aliphatic hydroxyl groups is 1. The average molecular weight is 265 g/mol. The molecule has 2 atom stereocenters. The summed E-state index contributed by atoms with van der Waals surface area (Å²) in [6.07, 6.45) is 1.11. The molecule has 1 aromatic carbocycles. The maximum absolute atomic E-state index is 13.2. The molecule has 4 heteroatoms. The van der Waals surface area contributed by atoms with Crippen molar-refractivity contribution in [2.75, 3.05) is 0 Å². The second-order valence-corrected chi connectivity index (χ2v) is 5.52. The molecule has 3 nitrogen and oxygen atoms in total. The van der Waals surface area contributed by atoms with Gasteiger partial charge in [0.05, 0.1) is 18.6 Å². The molecule has 2 N–H and O–H groups in total. The molecule has 104 valence electrons. The van der Waals surface area contributed by atoms with Crippen LogP contribution < -0.4 is 5.32 Å². The Kier molecular flexibility index (Phi) is 4.20. The number of hydrogen-bond acceptors (Lipinski definition) is 2. The lowest BCUT2D eigenvalue weighted by atomic mass is 10.0. The molecule has 0 aliphatic heterocycles. The van der Waals surface area contributed by atoms with Gasteiger partial charge in [-0.15, -0.1) is 0 Å². The van der Waals surface area contributed by atoms with Crippen LogP contribution in [0.1, 0.15) is 43.9 Å². The number of aryl methyl sites for hydroxylation is 1. The molecule has 19 heavy (non-hydrogen) atoms. The largest absolute Gasteiger partial charge is 0.392 e. The SMILES string of the molecule is CC(C)C(O)CC(=O)NC1CCc2ccc(F)cc21.